The van der Waals surface area contributed by atoms with E-state index < -0.39 is 0 Å². The Balaban J connectivity index is 1.95. The first kappa shape index (κ1) is 15.2. The molecule has 0 aliphatic heterocycles. The van der Waals surface area contributed by atoms with Gasteiger partial charge in [-0.3, -0.25) is 0 Å². The zero-order chi connectivity index (χ0) is 15.2. The van der Waals surface area contributed by atoms with Gasteiger partial charge in [-0.15, -0.1) is 0 Å². The molecule has 112 valence electrons. The fourth-order valence-electron chi connectivity index (χ4n) is 2.12. The maximum atomic E-state index is 5.98. The standard InChI is InChI=1S/C18H23NO2/c1-13(2)16-12-17(19)14(3)11-18(16)21-10-9-20-15-7-5-4-6-8-15/h4-8,11-13H,9-10,19H2,1-3H3. The van der Waals surface area contributed by atoms with Crippen LogP contribution in [0.25, 0.3) is 0 Å². The van der Waals surface area contributed by atoms with Crippen molar-refractivity contribution >= 4 is 5.69 Å². The van der Waals surface area contributed by atoms with Crippen molar-refractivity contribution in [1.82, 2.24) is 0 Å². The van der Waals surface area contributed by atoms with Gasteiger partial charge in [0.15, 0.2) is 0 Å². The second-order valence-electron chi connectivity index (χ2n) is 5.41. The van der Waals surface area contributed by atoms with Crippen molar-refractivity contribution < 1.29 is 9.47 Å². The Morgan fingerprint density at radius 2 is 1.67 bits per heavy atom. The minimum absolute atomic E-state index is 0.373. The molecule has 0 amide bonds. The molecule has 2 aromatic rings. The van der Waals surface area contributed by atoms with Crippen LogP contribution in [0.3, 0.4) is 0 Å². The van der Waals surface area contributed by atoms with Gasteiger partial charge in [0.1, 0.15) is 24.7 Å². The number of rotatable bonds is 6. The number of aryl methyl sites for hydroxylation is 1. The van der Waals surface area contributed by atoms with E-state index in [0.29, 0.717) is 19.1 Å². The summed E-state index contributed by atoms with van der Waals surface area (Å²) in [7, 11) is 0. The third kappa shape index (κ3) is 4.15. The number of para-hydroxylation sites is 1. The van der Waals surface area contributed by atoms with Crippen LogP contribution in [-0.4, -0.2) is 13.2 Å². The molecule has 0 radical (unpaired) electrons. The average molecular weight is 285 g/mol. The summed E-state index contributed by atoms with van der Waals surface area (Å²) in [5, 5.41) is 0. The lowest BCUT2D eigenvalue weighted by atomic mass is 9.99. The van der Waals surface area contributed by atoms with Crippen molar-refractivity contribution in [3.05, 3.63) is 53.6 Å². The largest absolute Gasteiger partial charge is 0.490 e. The van der Waals surface area contributed by atoms with Gasteiger partial charge in [-0.25, -0.2) is 0 Å². The van der Waals surface area contributed by atoms with E-state index in [9.17, 15) is 0 Å². The lowest BCUT2D eigenvalue weighted by Crippen LogP contribution is -2.10. The van der Waals surface area contributed by atoms with Crippen molar-refractivity contribution in [3.63, 3.8) is 0 Å². The van der Waals surface area contributed by atoms with Crippen LogP contribution < -0.4 is 15.2 Å². The molecule has 0 atom stereocenters. The van der Waals surface area contributed by atoms with Gasteiger partial charge in [-0.05, 0) is 48.2 Å². The Bertz CT molecular complexity index is 579. The molecular formula is C18H23NO2. The van der Waals surface area contributed by atoms with E-state index >= 15 is 0 Å². The molecule has 2 rings (SSSR count). The number of hydrogen-bond donors (Lipinski definition) is 1. The second kappa shape index (κ2) is 7.02. The lowest BCUT2D eigenvalue weighted by Gasteiger charge is -2.16. The van der Waals surface area contributed by atoms with Crippen molar-refractivity contribution in [1.29, 1.82) is 0 Å². The van der Waals surface area contributed by atoms with Gasteiger partial charge >= 0.3 is 0 Å². The van der Waals surface area contributed by atoms with Crippen LogP contribution in [0.2, 0.25) is 0 Å². The van der Waals surface area contributed by atoms with Gasteiger partial charge in [-0.1, -0.05) is 32.0 Å². The molecule has 2 aromatic carbocycles. The molecular weight excluding hydrogens is 262 g/mol. The van der Waals surface area contributed by atoms with Crippen LogP contribution in [0.4, 0.5) is 5.69 Å². The smallest absolute Gasteiger partial charge is 0.123 e. The summed E-state index contributed by atoms with van der Waals surface area (Å²) < 4.78 is 11.5. The van der Waals surface area contributed by atoms with E-state index in [-0.39, 0.29) is 0 Å². The Morgan fingerprint density at radius 1 is 1.00 bits per heavy atom. The predicted octanol–water partition coefficient (Wildman–Crippen LogP) is 4.16. The number of nitrogens with two attached hydrogens (primary N) is 1. The number of anilines is 1. The lowest BCUT2D eigenvalue weighted by molar-refractivity contribution is 0.215. The molecule has 2 N–H and O–H groups in total. The van der Waals surface area contributed by atoms with Crippen LogP contribution in [0, 0.1) is 6.92 Å². The van der Waals surface area contributed by atoms with Crippen molar-refractivity contribution in [3.8, 4) is 11.5 Å². The van der Waals surface area contributed by atoms with Crippen LogP contribution >= 0.6 is 0 Å². The summed E-state index contributed by atoms with van der Waals surface area (Å²) in [5.41, 5.74) is 8.97. The SMILES string of the molecule is Cc1cc(OCCOc2ccccc2)c(C(C)C)cc1N. The molecule has 0 aromatic heterocycles. The zero-order valence-electron chi connectivity index (χ0n) is 12.9. The number of benzene rings is 2. The Kier molecular flexibility index (Phi) is 5.09. The average Bonchev–Trinajstić information content (AvgIpc) is 2.47. The monoisotopic (exact) mass is 285 g/mol. The Hall–Kier alpha value is -2.16. The fourth-order valence-corrected chi connectivity index (χ4v) is 2.12. The summed E-state index contributed by atoms with van der Waals surface area (Å²) >= 11 is 0. The maximum Gasteiger partial charge on any atom is 0.123 e. The van der Waals surface area contributed by atoms with Crippen LogP contribution in [0.5, 0.6) is 11.5 Å². The van der Waals surface area contributed by atoms with Gasteiger partial charge in [0.25, 0.3) is 0 Å². The van der Waals surface area contributed by atoms with Gasteiger partial charge in [-0.2, -0.15) is 0 Å². The van der Waals surface area contributed by atoms with E-state index in [1.165, 1.54) is 0 Å². The maximum absolute atomic E-state index is 5.98. The van der Waals surface area contributed by atoms with Crippen LogP contribution in [0.15, 0.2) is 42.5 Å². The van der Waals surface area contributed by atoms with E-state index in [4.69, 9.17) is 15.2 Å². The summed E-state index contributed by atoms with van der Waals surface area (Å²) in [6, 6.07) is 13.8. The number of hydrogen-bond acceptors (Lipinski definition) is 3. The highest BCUT2D eigenvalue weighted by atomic mass is 16.5. The molecule has 3 nitrogen and oxygen atoms in total. The fraction of sp³-hybridized carbons (Fsp3) is 0.333. The van der Waals surface area contributed by atoms with E-state index in [1.807, 2.05) is 49.4 Å². The molecule has 0 aliphatic rings. The first-order valence-electron chi connectivity index (χ1n) is 7.28. The molecule has 0 heterocycles. The van der Waals surface area contributed by atoms with Gasteiger partial charge in [0, 0.05) is 5.69 Å². The van der Waals surface area contributed by atoms with Gasteiger partial charge in [0.05, 0.1) is 0 Å². The third-order valence-electron chi connectivity index (χ3n) is 3.37. The minimum Gasteiger partial charge on any atom is -0.490 e. The third-order valence-corrected chi connectivity index (χ3v) is 3.37. The summed E-state index contributed by atoms with van der Waals surface area (Å²) in [6.07, 6.45) is 0. The van der Waals surface area contributed by atoms with Crippen LogP contribution in [-0.2, 0) is 0 Å². The summed E-state index contributed by atoms with van der Waals surface area (Å²) in [4.78, 5) is 0. The molecule has 0 bridgehead atoms. The summed E-state index contributed by atoms with van der Waals surface area (Å²) in [6.45, 7) is 7.30. The molecule has 3 heteroatoms. The first-order valence-corrected chi connectivity index (χ1v) is 7.28. The molecule has 0 spiro atoms. The van der Waals surface area contributed by atoms with E-state index in [2.05, 4.69) is 13.8 Å². The van der Waals surface area contributed by atoms with Crippen LogP contribution in [0.1, 0.15) is 30.9 Å². The molecule has 21 heavy (non-hydrogen) atoms. The van der Waals surface area contributed by atoms with E-state index in [1.54, 1.807) is 0 Å². The first-order chi connectivity index (χ1) is 10.1. The van der Waals surface area contributed by atoms with Gasteiger partial charge < -0.3 is 15.2 Å². The van der Waals surface area contributed by atoms with Crippen molar-refractivity contribution in [2.24, 2.45) is 0 Å². The van der Waals surface area contributed by atoms with Crippen molar-refractivity contribution in [2.75, 3.05) is 18.9 Å². The quantitative estimate of drug-likeness (QED) is 0.640. The minimum atomic E-state index is 0.373. The molecule has 0 saturated heterocycles. The molecule has 0 unspecified atom stereocenters. The summed E-state index contributed by atoms with van der Waals surface area (Å²) in [5.74, 6) is 2.13. The Morgan fingerprint density at radius 3 is 2.33 bits per heavy atom. The van der Waals surface area contributed by atoms with Gasteiger partial charge in [0.2, 0.25) is 0 Å². The molecule has 0 aliphatic carbocycles. The molecule has 0 fully saturated rings. The predicted molar refractivity (Wildman–Crippen MR) is 87.1 cm³/mol. The number of nitrogen functional groups attached to an aromatic ring is 1. The zero-order valence-corrected chi connectivity index (χ0v) is 12.9. The highest BCUT2D eigenvalue weighted by Crippen LogP contribution is 2.30. The topological polar surface area (TPSA) is 44.5 Å². The highest BCUT2D eigenvalue weighted by Gasteiger charge is 2.10. The normalized spacial score (nSPS) is 10.7. The number of ether oxygens (including phenoxy) is 2. The van der Waals surface area contributed by atoms with E-state index in [0.717, 1.165) is 28.3 Å². The second-order valence-corrected chi connectivity index (χ2v) is 5.41. The van der Waals surface area contributed by atoms with Crippen molar-refractivity contribution in [2.45, 2.75) is 26.7 Å². The Labute approximate surface area is 126 Å². The molecule has 0 saturated carbocycles. The highest BCUT2D eigenvalue weighted by molar-refractivity contribution is 5.55.